The molecule has 1 aromatic heterocycles. The largest absolute Gasteiger partial charge is 0.497 e. The number of aromatic amines is 1. The number of aromatic nitrogens is 1. The van der Waals surface area contributed by atoms with E-state index in [1.165, 1.54) is 16.2 Å². The Labute approximate surface area is 291 Å². The number of ether oxygens (including phenoxy) is 2. The number of nitrogens with one attached hydrogen (secondary N) is 2. The number of amides is 3. The number of thiazole rings is 1. The van der Waals surface area contributed by atoms with E-state index in [0.29, 0.717) is 27.9 Å². The predicted molar refractivity (Wildman–Crippen MR) is 184 cm³/mol. The number of carbonyl (C=O) groups is 3. The lowest BCUT2D eigenvalue weighted by Crippen LogP contribution is -2.42. The van der Waals surface area contributed by atoms with Crippen LogP contribution in [-0.4, -0.2) is 41.7 Å². The molecule has 9 nitrogen and oxygen atoms in total. The maximum absolute atomic E-state index is 14.1. The van der Waals surface area contributed by atoms with Crippen molar-refractivity contribution in [3.05, 3.63) is 96.3 Å². The van der Waals surface area contributed by atoms with Crippen LogP contribution in [0, 0.1) is 29.6 Å². The fourth-order valence-electron chi connectivity index (χ4n) is 8.12. The normalized spacial score (nSPS) is 27.0. The van der Waals surface area contributed by atoms with Crippen LogP contribution in [0.3, 0.4) is 0 Å². The molecule has 3 fully saturated rings. The second-order valence-electron chi connectivity index (χ2n) is 12.2. The molecule has 2 aliphatic heterocycles. The minimum Gasteiger partial charge on any atom is -0.497 e. The number of methoxy groups -OCH3 is 1. The molecule has 3 heterocycles. The summed E-state index contributed by atoms with van der Waals surface area (Å²) in [6, 6.07) is 19.5. The summed E-state index contributed by atoms with van der Waals surface area (Å²) in [6.45, 7) is -0.230. The number of nitrogens with zero attached hydrogens (tertiary/aromatic N) is 1. The second-order valence-corrected chi connectivity index (χ2v) is 15.8. The van der Waals surface area contributed by atoms with Crippen molar-refractivity contribution in [2.24, 2.45) is 29.6 Å². The van der Waals surface area contributed by atoms with Crippen molar-refractivity contribution in [2.75, 3.05) is 23.9 Å². The Bertz CT molecular complexity index is 1980. The van der Waals surface area contributed by atoms with E-state index in [0.717, 1.165) is 26.4 Å². The fourth-order valence-corrected chi connectivity index (χ4v) is 11.5. The molecule has 3 aromatic carbocycles. The topological polar surface area (TPSA) is 118 Å². The van der Waals surface area contributed by atoms with E-state index < -0.39 is 11.8 Å². The number of anilines is 2. The molecule has 7 atom stereocenters. The third kappa shape index (κ3) is 5.11. The maximum Gasteiger partial charge on any atom is 0.305 e. The van der Waals surface area contributed by atoms with Crippen LogP contribution in [0.5, 0.6) is 11.5 Å². The number of imide groups is 1. The van der Waals surface area contributed by atoms with E-state index in [4.69, 9.17) is 21.1 Å². The van der Waals surface area contributed by atoms with Gasteiger partial charge in [0, 0.05) is 36.8 Å². The van der Waals surface area contributed by atoms with Crippen molar-refractivity contribution in [2.45, 2.75) is 22.6 Å². The van der Waals surface area contributed by atoms with Crippen molar-refractivity contribution in [1.82, 2.24) is 4.98 Å². The predicted octanol–water partition coefficient (Wildman–Crippen LogP) is 6.56. The Hall–Kier alpha value is -3.58. The van der Waals surface area contributed by atoms with Crippen LogP contribution in [0.2, 0.25) is 5.02 Å². The third-order valence-electron chi connectivity index (χ3n) is 9.85. The van der Waals surface area contributed by atoms with E-state index in [1.807, 2.05) is 18.2 Å². The third-order valence-corrected chi connectivity index (χ3v) is 13.2. The van der Waals surface area contributed by atoms with Gasteiger partial charge in [-0.2, -0.15) is 0 Å². The van der Waals surface area contributed by atoms with E-state index in [-0.39, 0.29) is 58.1 Å². The van der Waals surface area contributed by atoms with Gasteiger partial charge in [-0.15, -0.1) is 11.8 Å². The minimum atomic E-state index is -0.448. The summed E-state index contributed by atoms with van der Waals surface area (Å²) in [4.78, 5) is 58.8. The van der Waals surface area contributed by atoms with Crippen LogP contribution in [0.4, 0.5) is 11.4 Å². The zero-order chi connectivity index (χ0) is 32.6. The summed E-state index contributed by atoms with van der Waals surface area (Å²) in [7, 11) is 1.58. The summed E-state index contributed by atoms with van der Waals surface area (Å²) in [5.74, 6) is -0.725. The molecule has 47 heavy (non-hydrogen) atoms. The smallest absolute Gasteiger partial charge is 0.305 e. The van der Waals surface area contributed by atoms with Crippen molar-refractivity contribution in [3.8, 4) is 11.5 Å². The van der Waals surface area contributed by atoms with Crippen molar-refractivity contribution in [1.29, 1.82) is 0 Å². The Morgan fingerprint density at radius 1 is 1.02 bits per heavy atom. The Kier molecular flexibility index (Phi) is 7.74. The van der Waals surface area contributed by atoms with Gasteiger partial charge in [0.05, 0.1) is 29.7 Å². The van der Waals surface area contributed by atoms with Gasteiger partial charge in [-0.25, -0.2) is 0 Å². The molecule has 0 spiro atoms. The summed E-state index contributed by atoms with van der Waals surface area (Å²) < 4.78 is 12.2. The van der Waals surface area contributed by atoms with Crippen LogP contribution >= 0.6 is 50.6 Å². The Balaban J connectivity index is 1.12. The number of benzene rings is 3. The summed E-state index contributed by atoms with van der Waals surface area (Å²) in [5.41, 5.74) is 1.98. The van der Waals surface area contributed by atoms with Crippen LogP contribution in [0.15, 0.2) is 81.0 Å². The molecule has 2 bridgehead atoms. The monoisotopic (exact) mass is 751 g/mol. The highest BCUT2D eigenvalue weighted by atomic mass is 79.9. The number of thioether (sulfide) groups is 1. The average molecular weight is 753 g/mol. The molecule has 4 aliphatic rings. The molecule has 4 unspecified atom stereocenters. The first-order chi connectivity index (χ1) is 22.7. The van der Waals surface area contributed by atoms with Gasteiger partial charge in [-0.1, -0.05) is 38.9 Å². The van der Waals surface area contributed by atoms with Gasteiger partial charge in [0.25, 0.3) is 5.91 Å². The minimum absolute atomic E-state index is 0.0103. The van der Waals surface area contributed by atoms with E-state index in [9.17, 15) is 19.2 Å². The number of hydrogen-bond donors (Lipinski definition) is 2. The zero-order valence-electron chi connectivity index (χ0n) is 24.8. The SMILES string of the molecule is COc1ccc(NC(=O)COc2ccc(Br)cc2[C@H]2c3sc(=O)[nH]c3SC3C2[C@H]2C[C@@H]3C3C(=O)N(c4ccc(Cl)cc4)C(=O)C32)cc1. The first-order valence-corrected chi connectivity index (χ1v) is 18.0. The number of fused-ring (bicyclic) bond motifs is 9. The highest BCUT2D eigenvalue weighted by Gasteiger charge is 2.69. The average Bonchev–Trinajstić information content (AvgIpc) is 3.80. The van der Waals surface area contributed by atoms with Gasteiger partial charge in [0.15, 0.2) is 6.61 Å². The van der Waals surface area contributed by atoms with E-state index in [2.05, 4.69) is 26.2 Å². The molecule has 4 aromatic rings. The molecule has 240 valence electrons. The van der Waals surface area contributed by atoms with Crippen molar-refractivity contribution < 1.29 is 23.9 Å². The second kappa shape index (κ2) is 11.8. The molecular weight excluding hydrogens is 726 g/mol. The Morgan fingerprint density at radius 3 is 2.47 bits per heavy atom. The molecular formula is C34H27BrClN3O6S2. The number of halogens is 2. The molecule has 13 heteroatoms. The fraction of sp³-hybridized carbons (Fsp3) is 0.294. The van der Waals surface area contributed by atoms with E-state index in [1.54, 1.807) is 67.4 Å². The number of carbonyl (C=O) groups excluding carboxylic acids is 3. The first kappa shape index (κ1) is 30.7. The molecule has 2 saturated carbocycles. The molecule has 0 radical (unpaired) electrons. The molecule has 1 saturated heterocycles. The van der Waals surface area contributed by atoms with Gasteiger partial charge < -0.3 is 19.8 Å². The van der Waals surface area contributed by atoms with Crippen LogP contribution in [0.1, 0.15) is 22.8 Å². The summed E-state index contributed by atoms with van der Waals surface area (Å²) in [6.07, 6.45) is 0.758. The number of rotatable bonds is 7. The van der Waals surface area contributed by atoms with Gasteiger partial charge in [0.2, 0.25) is 11.8 Å². The summed E-state index contributed by atoms with van der Waals surface area (Å²) in [5, 5.41) is 4.19. The van der Waals surface area contributed by atoms with E-state index >= 15 is 0 Å². The van der Waals surface area contributed by atoms with Crippen molar-refractivity contribution in [3.63, 3.8) is 0 Å². The standard InChI is InChI=1S/C34H27BrClN3O6S2/c1-44-19-9-5-17(6-10-19)37-24(40)14-45-23-11-2-15(35)12-20(23)25-26-21-13-22(29(26)46-31-30(25)47-34(43)38-31)28-27(21)32(41)39(33(28)42)18-7-3-16(36)4-8-18/h2-12,21-22,25-29H,13-14H2,1H3,(H,37,40)(H,38,43)/t21-,22-,25-,26?,27?,28?,29?/m1/s1. The van der Waals surface area contributed by atoms with Gasteiger partial charge in [-0.3, -0.25) is 24.1 Å². The lowest BCUT2D eigenvalue weighted by molar-refractivity contribution is -0.123. The molecule has 3 amide bonds. The van der Waals surface area contributed by atoms with Gasteiger partial charge in [-0.05, 0) is 90.9 Å². The number of H-pyrrole nitrogens is 1. The van der Waals surface area contributed by atoms with Gasteiger partial charge in [0.1, 0.15) is 11.5 Å². The molecule has 8 rings (SSSR count). The first-order valence-electron chi connectivity index (χ1n) is 15.1. The highest BCUT2D eigenvalue weighted by molar-refractivity contribution is 9.10. The lowest BCUT2D eigenvalue weighted by Gasteiger charge is -2.43. The summed E-state index contributed by atoms with van der Waals surface area (Å²) >= 11 is 12.5. The van der Waals surface area contributed by atoms with Crippen molar-refractivity contribution >= 4 is 79.7 Å². The number of hydrogen-bond acceptors (Lipinski definition) is 8. The van der Waals surface area contributed by atoms with Crippen LogP contribution < -0.4 is 24.6 Å². The molecule has 2 N–H and O–H groups in total. The quantitative estimate of drug-likeness (QED) is 0.206. The lowest BCUT2D eigenvalue weighted by atomic mass is 9.68. The highest BCUT2D eigenvalue weighted by Crippen LogP contribution is 2.69. The molecule has 2 aliphatic carbocycles. The Morgan fingerprint density at radius 2 is 1.74 bits per heavy atom. The van der Waals surface area contributed by atoms with Crippen LogP contribution in [0.25, 0.3) is 0 Å². The van der Waals surface area contributed by atoms with Gasteiger partial charge >= 0.3 is 4.87 Å². The maximum atomic E-state index is 14.1. The van der Waals surface area contributed by atoms with Crippen LogP contribution in [-0.2, 0) is 14.4 Å². The zero-order valence-corrected chi connectivity index (χ0v) is 28.8.